The molecular weight excluding hydrogens is 285 g/mol. The van der Waals surface area contributed by atoms with Gasteiger partial charge in [-0.2, -0.15) is 0 Å². The first-order valence-electron chi connectivity index (χ1n) is 3.64. The first-order valence-corrected chi connectivity index (χ1v) is 4.72. The molecule has 70 valence electrons. The van der Waals surface area contributed by atoms with Gasteiger partial charge in [0.05, 0.1) is 16.6 Å². The molecule has 0 saturated heterocycles. The molecule has 0 heterocycles. The first kappa shape index (κ1) is 10.4. The van der Waals surface area contributed by atoms with Crippen LogP contribution in [0.1, 0.15) is 18.6 Å². The van der Waals surface area contributed by atoms with E-state index in [2.05, 4.69) is 0 Å². The summed E-state index contributed by atoms with van der Waals surface area (Å²) in [6, 6.07) is 4.75. The lowest BCUT2D eigenvalue weighted by Crippen LogP contribution is -1.99. The van der Waals surface area contributed by atoms with Crippen molar-refractivity contribution in [3.8, 4) is 0 Å². The number of nitrogens with zero attached hydrogens (tertiary/aromatic N) is 1. The molecule has 0 aromatic heterocycles. The third-order valence-corrected chi connectivity index (χ3v) is 2.31. The quantitative estimate of drug-likeness (QED) is 0.517. The number of rotatable bonds is 2. The summed E-state index contributed by atoms with van der Waals surface area (Å²) in [4.78, 5) is 10.1. The monoisotopic (exact) mass is 293 g/mol. The van der Waals surface area contributed by atoms with Gasteiger partial charge in [-0.15, -0.1) is 0 Å². The van der Waals surface area contributed by atoms with Crippen molar-refractivity contribution in [2.75, 3.05) is 0 Å². The Bertz CT molecular complexity index is 338. The topological polar surface area (TPSA) is 63.4 Å². The molecule has 0 aliphatic carbocycles. The lowest BCUT2D eigenvalue weighted by atomic mass is 10.1. The standard InChI is InChI=1S/C8H8INO3/c1-5(11)7-3-2-6(9)4-8(7)10(12)13/h2-5,11H,1H3/t5-/m0/s1. The molecular formula is C8H8INO3. The summed E-state index contributed by atoms with van der Waals surface area (Å²) in [6.45, 7) is 1.51. The van der Waals surface area contributed by atoms with Crippen molar-refractivity contribution in [3.63, 3.8) is 0 Å². The molecule has 0 amide bonds. The number of nitro groups is 1. The van der Waals surface area contributed by atoms with E-state index in [4.69, 9.17) is 0 Å². The van der Waals surface area contributed by atoms with E-state index in [1.54, 1.807) is 12.1 Å². The number of halogens is 1. The molecule has 1 atom stereocenters. The molecule has 0 radical (unpaired) electrons. The fraction of sp³-hybridized carbons (Fsp3) is 0.250. The Kier molecular flexibility index (Phi) is 3.21. The fourth-order valence-corrected chi connectivity index (χ4v) is 1.50. The second-order valence-electron chi connectivity index (χ2n) is 2.64. The van der Waals surface area contributed by atoms with Crippen molar-refractivity contribution < 1.29 is 10.0 Å². The summed E-state index contributed by atoms with van der Waals surface area (Å²) < 4.78 is 0.786. The Morgan fingerprint density at radius 2 is 2.23 bits per heavy atom. The van der Waals surface area contributed by atoms with Crippen molar-refractivity contribution in [1.82, 2.24) is 0 Å². The normalized spacial score (nSPS) is 12.5. The molecule has 1 rings (SSSR count). The van der Waals surface area contributed by atoms with Crippen molar-refractivity contribution in [3.05, 3.63) is 37.4 Å². The third kappa shape index (κ3) is 2.38. The Labute approximate surface area is 88.9 Å². The van der Waals surface area contributed by atoms with Crippen LogP contribution in [-0.4, -0.2) is 10.0 Å². The molecule has 0 aliphatic rings. The number of hydrogen-bond donors (Lipinski definition) is 1. The average molecular weight is 293 g/mol. The first-order chi connectivity index (χ1) is 6.02. The van der Waals surface area contributed by atoms with E-state index in [1.165, 1.54) is 13.0 Å². The molecule has 0 unspecified atom stereocenters. The van der Waals surface area contributed by atoms with Gasteiger partial charge >= 0.3 is 0 Å². The summed E-state index contributed by atoms with van der Waals surface area (Å²) >= 11 is 1.99. The average Bonchev–Trinajstić information content (AvgIpc) is 2.03. The predicted octanol–water partition coefficient (Wildman–Crippen LogP) is 2.25. The van der Waals surface area contributed by atoms with Crippen molar-refractivity contribution in [1.29, 1.82) is 0 Å². The van der Waals surface area contributed by atoms with Crippen molar-refractivity contribution in [2.24, 2.45) is 0 Å². The maximum Gasteiger partial charge on any atom is 0.276 e. The molecule has 0 spiro atoms. The molecule has 0 bridgehead atoms. The Hall–Kier alpha value is -0.690. The minimum absolute atomic E-state index is 0.0260. The highest BCUT2D eigenvalue weighted by molar-refractivity contribution is 14.1. The van der Waals surface area contributed by atoms with Crippen LogP contribution in [-0.2, 0) is 0 Å². The molecule has 1 aromatic rings. The SMILES string of the molecule is C[C@H](O)c1ccc(I)cc1[N+](=O)[O-]. The lowest BCUT2D eigenvalue weighted by Gasteiger charge is -2.05. The van der Waals surface area contributed by atoms with E-state index in [-0.39, 0.29) is 5.69 Å². The minimum atomic E-state index is -0.808. The van der Waals surface area contributed by atoms with Crippen molar-refractivity contribution in [2.45, 2.75) is 13.0 Å². The highest BCUT2D eigenvalue weighted by atomic mass is 127. The van der Waals surface area contributed by atoms with Gasteiger partial charge in [-0.1, -0.05) is 0 Å². The van der Waals surface area contributed by atoms with Crippen LogP contribution in [0.5, 0.6) is 0 Å². The number of aliphatic hydroxyl groups is 1. The summed E-state index contributed by atoms with van der Waals surface area (Å²) in [7, 11) is 0. The van der Waals surface area contributed by atoms with Gasteiger partial charge in [-0.05, 0) is 41.6 Å². The van der Waals surface area contributed by atoms with Gasteiger partial charge in [0.2, 0.25) is 0 Å². The molecule has 0 fully saturated rings. The zero-order valence-corrected chi connectivity index (χ0v) is 9.06. The summed E-state index contributed by atoms with van der Waals surface area (Å²) in [6.07, 6.45) is -0.808. The number of nitro benzene ring substituents is 1. The minimum Gasteiger partial charge on any atom is -0.388 e. The molecule has 1 aromatic carbocycles. The van der Waals surface area contributed by atoms with Gasteiger partial charge in [-0.25, -0.2) is 0 Å². The lowest BCUT2D eigenvalue weighted by molar-refractivity contribution is -0.386. The number of hydrogen-bond acceptors (Lipinski definition) is 3. The van der Waals surface area contributed by atoms with Crippen LogP contribution in [0.15, 0.2) is 18.2 Å². The largest absolute Gasteiger partial charge is 0.388 e. The Balaban J connectivity index is 3.27. The van der Waals surface area contributed by atoms with Crippen LogP contribution < -0.4 is 0 Å². The Morgan fingerprint density at radius 1 is 1.62 bits per heavy atom. The van der Waals surface area contributed by atoms with Gasteiger partial charge in [-0.3, -0.25) is 10.1 Å². The maximum atomic E-state index is 10.6. The zero-order valence-electron chi connectivity index (χ0n) is 6.90. The number of benzene rings is 1. The summed E-state index contributed by atoms with van der Waals surface area (Å²) in [5.74, 6) is 0. The molecule has 0 saturated carbocycles. The van der Waals surface area contributed by atoms with Gasteiger partial charge in [0.1, 0.15) is 0 Å². The smallest absolute Gasteiger partial charge is 0.276 e. The van der Waals surface area contributed by atoms with Crippen LogP contribution in [0.3, 0.4) is 0 Å². The second kappa shape index (κ2) is 4.01. The van der Waals surface area contributed by atoms with Crippen LogP contribution >= 0.6 is 22.6 Å². The molecule has 4 nitrogen and oxygen atoms in total. The fourth-order valence-electron chi connectivity index (χ4n) is 1.03. The van der Waals surface area contributed by atoms with Crippen LogP contribution in [0.2, 0.25) is 0 Å². The van der Waals surface area contributed by atoms with Gasteiger partial charge in [0, 0.05) is 9.64 Å². The highest BCUT2D eigenvalue weighted by Gasteiger charge is 2.17. The van der Waals surface area contributed by atoms with Gasteiger partial charge in [0.25, 0.3) is 5.69 Å². The summed E-state index contributed by atoms with van der Waals surface area (Å²) in [5.41, 5.74) is 0.326. The van der Waals surface area contributed by atoms with E-state index in [0.29, 0.717) is 5.56 Å². The predicted molar refractivity (Wildman–Crippen MR) is 56.4 cm³/mol. The maximum absolute atomic E-state index is 10.6. The van der Waals surface area contributed by atoms with Crippen molar-refractivity contribution >= 4 is 28.3 Å². The van der Waals surface area contributed by atoms with Gasteiger partial charge in [0.15, 0.2) is 0 Å². The Morgan fingerprint density at radius 3 is 2.69 bits per heavy atom. The molecule has 13 heavy (non-hydrogen) atoms. The third-order valence-electron chi connectivity index (χ3n) is 1.64. The highest BCUT2D eigenvalue weighted by Crippen LogP contribution is 2.26. The number of aliphatic hydroxyl groups excluding tert-OH is 1. The van der Waals surface area contributed by atoms with E-state index >= 15 is 0 Å². The van der Waals surface area contributed by atoms with Gasteiger partial charge < -0.3 is 5.11 Å². The van der Waals surface area contributed by atoms with E-state index in [9.17, 15) is 15.2 Å². The molecule has 5 heteroatoms. The van der Waals surface area contributed by atoms with Crippen LogP contribution in [0.4, 0.5) is 5.69 Å². The van der Waals surface area contributed by atoms with E-state index in [1.807, 2.05) is 22.6 Å². The molecule has 0 aliphatic heterocycles. The summed E-state index contributed by atoms with van der Waals surface area (Å²) in [5, 5.41) is 19.8. The second-order valence-corrected chi connectivity index (χ2v) is 3.88. The van der Waals surface area contributed by atoms with E-state index in [0.717, 1.165) is 3.57 Å². The van der Waals surface area contributed by atoms with Crippen LogP contribution in [0, 0.1) is 13.7 Å². The molecule has 1 N–H and O–H groups in total. The van der Waals surface area contributed by atoms with E-state index < -0.39 is 11.0 Å². The van der Waals surface area contributed by atoms with Crippen LogP contribution in [0.25, 0.3) is 0 Å². The zero-order chi connectivity index (χ0) is 10.0.